The summed E-state index contributed by atoms with van der Waals surface area (Å²) >= 11 is 0. The van der Waals surface area contributed by atoms with Crippen LogP contribution in [-0.2, 0) is 34.4 Å². The van der Waals surface area contributed by atoms with E-state index in [2.05, 4.69) is 88.2 Å². The lowest BCUT2D eigenvalue weighted by Crippen LogP contribution is -2.59. The molecular formula is C37H66O7Si2. The first-order chi connectivity index (χ1) is 21.0. The van der Waals surface area contributed by atoms with Gasteiger partial charge in [0.25, 0.3) is 0 Å². The Morgan fingerprint density at radius 3 is 2.04 bits per heavy atom. The van der Waals surface area contributed by atoms with Gasteiger partial charge in [-0.25, -0.2) is 0 Å². The summed E-state index contributed by atoms with van der Waals surface area (Å²) in [6, 6.07) is 8.02. The highest BCUT2D eigenvalue weighted by atomic mass is 28.4. The van der Waals surface area contributed by atoms with E-state index in [1.807, 2.05) is 44.2 Å². The van der Waals surface area contributed by atoms with Gasteiger partial charge in [-0.3, -0.25) is 0 Å². The Bertz CT molecular complexity index is 1140. The van der Waals surface area contributed by atoms with E-state index < -0.39 is 28.0 Å². The number of ether oxygens (including phenoxy) is 5. The molecule has 2 heterocycles. The molecular weight excluding hydrogens is 613 g/mol. The highest BCUT2D eigenvalue weighted by molar-refractivity contribution is 6.74. The van der Waals surface area contributed by atoms with E-state index in [1.165, 1.54) is 0 Å². The third-order valence-corrected chi connectivity index (χ3v) is 20.0. The van der Waals surface area contributed by atoms with Gasteiger partial charge in [0, 0.05) is 24.4 Å². The lowest BCUT2D eigenvalue weighted by Gasteiger charge is -2.49. The fourth-order valence-electron chi connectivity index (χ4n) is 5.77. The topological polar surface area (TPSA) is 67.9 Å². The van der Waals surface area contributed by atoms with Crippen LogP contribution in [0.4, 0.5) is 0 Å². The van der Waals surface area contributed by atoms with Crippen molar-refractivity contribution in [1.29, 1.82) is 0 Å². The number of epoxide rings is 1. The minimum Gasteiger partial charge on any atom is -0.497 e. The Morgan fingerprint density at radius 1 is 0.935 bits per heavy atom. The van der Waals surface area contributed by atoms with Crippen molar-refractivity contribution >= 4 is 16.6 Å². The quantitative estimate of drug-likeness (QED) is 0.104. The van der Waals surface area contributed by atoms with Crippen molar-refractivity contribution in [3.05, 3.63) is 42.5 Å². The molecule has 264 valence electrons. The number of rotatable bonds is 15. The standard InChI is InChI=1S/C37H66O7Si2/c1-17-28-24-40-36(9,10)42-31(28)30(25-41-45(13,14)34(3,4)5)33(44-46(15,16)35(6,7)8)37(11)32(43-37)26(2)22-39-23-27-18-20-29(38-12)21-19-27/h17-21,26,28,30-33H,1,22-25H2,2-16H3/t26-,28-,30-,31+,32+,33-,37-/m0/s1. The maximum absolute atomic E-state index is 7.47. The van der Waals surface area contributed by atoms with Crippen molar-refractivity contribution < 1.29 is 32.5 Å². The van der Waals surface area contributed by atoms with Crippen molar-refractivity contribution in [1.82, 2.24) is 0 Å². The van der Waals surface area contributed by atoms with Crippen LogP contribution in [0.2, 0.25) is 36.3 Å². The smallest absolute Gasteiger partial charge is 0.192 e. The van der Waals surface area contributed by atoms with E-state index in [-0.39, 0.29) is 46.1 Å². The average molecular weight is 679 g/mol. The molecule has 0 aromatic heterocycles. The second kappa shape index (κ2) is 14.4. The first-order valence-electron chi connectivity index (χ1n) is 17.1. The second-order valence-corrected chi connectivity index (χ2v) is 26.9. The fourth-order valence-corrected chi connectivity index (χ4v) is 8.21. The van der Waals surface area contributed by atoms with Gasteiger partial charge in [-0.15, -0.1) is 6.58 Å². The molecule has 9 heteroatoms. The highest BCUT2D eigenvalue weighted by Gasteiger charge is 2.65. The summed E-state index contributed by atoms with van der Waals surface area (Å²) in [7, 11) is -2.68. The van der Waals surface area contributed by atoms with E-state index in [4.69, 9.17) is 32.5 Å². The highest BCUT2D eigenvalue weighted by Crippen LogP contribution is 2.52. The van der Waals surface area contributed by atoms with Crippen LogP contribution in [0.3, 0.4) is 0 Å². The van der Waals surface area contributed by atoms with Gasteiger partial charge in [0.15, 0.2) is 22.4 Å². The Morgan fingerprint density at radius 2 is 1.52 bits per heavy atom. The van der Waals surface area contributed by atoms with Gasteiger partial charge in [-0.1, -0.05) is 66.7 Å². The normalized spacial score (nSPS) is 27.5. The predicted molar refractivity (Wildman–Crippen MR) is 192 cm³/mol. The zero-order valence-corrected chi connectivity index (χ0v) is 33.7. The van der Waals surface area contributed by atoms with Gasteiger partial charge in [-0.2, -0.15) is 0 Å². The van der Waals surface area contributed by atoms with Gasteiger partial charge >= 0.3 is 0 Å². The minimum atomic E-state index is -2.26. The van der Waals surface area contributed by atoms with Gasteiger partial charge in [0.2, 0.25) is 0 Å². The Kier molecular flexibility index (Phi) is 12.4. The van der Waals surface area contributed by atoms with Gasteiger partial charge in [0.05, 0.1) is 45.2 Å². The molecule has 2 fully saturated rings. The zero-order valence-electron chi connectivity index (χ0n) is 31.7. The molecule has 7 nitrogen and oxygen atoms in total. The van der Waals surface area contributed by atoms with Crippen LogP contribution in [0.1, 0.15) is 74.8 Å². The third-order valence-electron chi connectivity index (χ3n) is 11.0. The summed E-state index contributed by atoms with van der Waals surface area (Å²) < 4.78 is 45.7. The summed E-state index contributed by atoms with van der Waals surface area (Å²) in [6.07, 6.45) is 1.49. The number of hydrogen-bond acceptors (Lipinski definition) is 7. The third kappa shape index (κ3) is 9.34. The van der Waals surface area contributed by atoms with Crippen LogP contribution < -0.4 is 4.74 Å². The minimum absolute atomic E-state index is 0.00221. The molecule has 46 heavy (non-hydrogen) atoms. The van der Waals surface area contributed by atoms with Crippen LogP contribution in [0.5, 0.6) is 5.75 Å². The van der Waals surface area contributed by atoms with E-state index >= 15 is 0 Å². The van der Waals surface area contributed by atoms with Crippen molar-refractivity contribution in [3.63, 3.8) is 0 Å². The Balaban J connectivity index is 1.95. The molecule has 0 N–H and O–H groups in total. The van der Waals surface area contributed by atoms with E-state index in [0.29, 0.717) is 26.4 Å². The SMILES string of the molecule is C=C[C@H]1COC(C)(C)O[C@H]1[C@H](CO[Si](C)(C)C(C)(C)C)[C@H](O[Si](C)(C)C(C)(C)C)[C@@]1(C)O[C@@H]1[C@@H](C)COCc1ccc(OC)cc1. The van der Waals surface area contributed by atoms with E-state index in [9.17, 15) is 0 Å². The largest absolute Gasteiger partial charge is 0.497 e. The number of methoxy groups -OCH3 is 1. The second-order valence-electron chi connectivity index (χ2n) is 17.3. The summed E-state index contributed by atoms with van der Waals surface area (Å²) in [5.41, 5.74) is 0.585. The molecule has 0 spiro atoms. The Labute approximate surface area is 283 Å². The molecule has 0 aliphatic carbocycles. The summed E-state index contributed by atoms with van der Waals surface area (Å²) in [5, 5.41) is 0.0802. The van der Waals surface area contributed by atoms with E-state index in [1.54, 1.807) is 7.11 Å². The summed E-state index contributed by atoms with van der Waals surface area (Å²) in [4.78, 5) is 0. The molecule has 0 unspecified atom stereocenters. The van der Waals surface area contributed by atoms with Crippen molar-refractivity contribution in [2.24, 2.45) is 17.8 Å². The molecule has 1 aromatic carbocycles. The molecule has 2 aliphatic rings. The molecule has 2 saturated heterocycles. The van der Waals surface area contributed by atoms with Gasteiger partial charge < -0.3 is 32.5 Å². The number of hydrogen-bond donors (Lipinski definition) is 0. The maximum atomic E-state index is 7.47. The van der Waals surface area contributed by atoms with Gasteiger partial charge in [-0.05, 0) is 74.7 Å². The molecule has 3 rings (SSSR count). The molecule has 0 bridgehead atoms. The van der Waals surface area contributed by atoms with E-state index in [0.717, 1.165) is 11.3 Å². The summed E-state index contributed by atoms with van der Waals surface area (Å²) in [5.74, 6) is 0.177. The van der Waals surface area contributed by atoms with Crippen LogP contribution in [-0.4, -0.2) is 73.3 Å². The van der Waals surface area contributed by atoms with Gasteiger partial charge in [0.1, 0.15) is 11.4 Å². The monoisotopic (exact) mass is 678 g/mol. The first kappa shape index (κ1) is 39.4. The molecule has 0 radical (unpaired) electrons. The first-order valence-corrected chi connectivity index (χ1v) is 22.9. The fraction of sp³-hybridized carbons (Fsp3) is 0.784. The zero-order chi connectivity index (χ0) is 34.9. The number of benzene rings is 1. The molecule has 2 aliphatic heterocycles. The van der Waals surface area contributed by atoms with Crippen molar-refractivity contribution in [2.45, 2.75) is 142 Å². The lowest BCUT2D eigenvalue weighted by molar-refractivity contribution is -0.303. The predicted octanol–water partition coefficient (Wildman–Crippen LogP) is 8.99. The molecule has 7 atom stereocenters. The lowest BCUT2D eigenvalue weighted by atomic mass is 9.79. The average Bonchev–Trinajstić information content (AvgIpc) is 3.63. The summed E-state index contributed by atoms with van der Waals surface area (Å²) in [6.45, 7) is 37.8. The molecule has 0 saturated carbocycles. The van der Waals surface area contributed by atoms with Crippen LogP contribution in [0, 0.1) is 17.8 Å². The maximum Gasteiger partial charge on any atom is 0.192 e. The molecule has 0 amide bonds. The van der Waals surface area contributed by atoms with Crippen molar-refractivity contribution in [3.8, 4) is 5.75 Å². The van der Waals surface area contributed by atoms with Crippen LogP contribution in [0.15, 0.2) is 36.9 Å². The Hall–Kier alpha value is -1.05. The van der Waals surface area contributed by atoms with Crippen molar-refractivity contribution in [2.75, 3.05) is 26.9 Å². The van der Waals surface area contributed by atoms with Crippen LogP contribution >= 0.6 is 0 Å². The van der Waals surface area contributed by atoms with Crippen LogP contribution in [0.25, 0.3) is 0 Å². The molecule has 1 aromatic rings.